The SMILES string of the molecule is CCC(C(=O)O)N1CC(SC(C)=O)CC1=O. The molecule has 6 heteroatoms. The van der Waals surface area contributed by atoms with Crippen LogP contribution in [0.15, 0.2) is 0 Å². The van der Waals surface area contributed by atoms with Crippen molar-refractivity contribution in [2.75, 3.05) is 6.54 Å². The summed E-state index contributed by atoms with van der Waals surface area (Å²) in [7, 11) is 0. The van der Waals surface area contributed by atoms with Gasteiger partial charge in [-0.1, -0.05) is 18.7 Å². The van der Waals surface area contributed by atoms with Crippen LogP contribution < -0.4 is 0 Å². The van der Waals surface area contributed by atoms with Crippen molar-refractivity contribution in [3.05, 3.63) is 0 Å². The minimum atomic E-state index is -0.982. The number of nitrogens with zero attached hydrogens (tertiary/aromatic N) is 1. The number of carbonyl (C=O) groups is 3. The van der Waals surface area contributed by atoms with Crippen LogP contribution in [0.2, 0.25) is 0 Å². The Balaban J connectivity index is 2.66. The zero-order valence-corrected chi connectivity index (χ0v) is 10.1. The van der Waals surface area contributed by atoms with Gasteiger partial charge >= 0.3 is 5.97 Å². The third kappa shape index (κ3) is 2.98. The molecule has 0 aromatic carbocycles. The fraction of sp³-hybridized carbons (Fsp3) is 0.700. The zero-order valence-electron chi connectivity index (χ0n) is 9.30. The maximum absolute atomic E-state index is 11.6. The van der Waals surface area contributed by atoms with Gasteiger partial charge in [-0.25, -0.2) is 4.79 Å². The molecule has 1 rings (SSSR count). The summed E-state index contributed by atoms with van der Waals surface area (Å²) in [6, 6.07) is -0.759. The lowest BCUT2D eigenvalue weighted by molar-refractivity contribution is -0.148. The summed E-state index contributed by atoms with van der Waals surface area (Å²) in [5.74, 6) is -1.16. The van der Waals surface area contributed by atoms with Gasteiger partial charge < -0.3 is 10.0 Å². The first-order valence-corrected chi connectivity index (χ1v) is 6.03. The lowest BCUT2D eigenvalue weighted by Gasteiger charge is -2.23. The lowest BCUT2D eigenvalue weighted by Crippen LogP contribution is -2.41. The van der Waals surface area contributed by atoms with E-state index in [1.807, 2.05) is 0 Å². The molecule has 0 radical (unpaired) electrons. The fourth-order valence-corrected chi connectivity index (χ4v) is 2.77. The molecule has 0 aliphatic carbocycles. The van der Waals surface area contributed by atoms with E-state index in [4.69, 9.17) is 5.11 Å². The second-order valence-corrected chi connectivity index (χ2v) is 5.22. The largest absolute Gasteiger partial charge is 0.480 e. The number of rotatable bonds is 4. The second-order valence-electron chi connectivity index (χ2n) is 3.74. The summed E-state index contributed by atoms with van der Waals surface area (Å²) >= 11 is 1.11. The summed E-state index contributed by atoms with van der Waals surface area (Å²) in [4.78, 5) is 34.8. The monoisotopic (exact) mass is 245 g/mol. The van der Waals surface area contributed by atoms with Gasteiger partial charge in [-0.05, 0) is 6.42 Å². The van der Waals surface area contributed by atoms with Crippen LogP contribution in [0.5, 0.6) is 0 Å². The molecule has 16 heavy (non-hydrogen) atoms. The molecule has 2 unspecified atom stereocenters. The van der Waals surface area contributed by atoms with Gasteiger partial charge in [-0.2, -0.15) is 0 Å². The van der Waals surface area contributed by atoms with Crippen LogP contribution in [-0.4, -0.2) is 44.8 Å². The van der Waals surface area contributed by atoms with Gasteiger partial charge in [-0.3, -0.25) is 9.59 Å². The van der Waals surface area contributed by atoms with E-state index in [2.05, 4.69) is 0 Å². The van der Waals surface area contributed by atoms with E-state index in [-0.39, 0.29) is 22.7 Å². The molecule has 1 saturated heterocycles. The Morgan fingerprint density at radius 2 is 2.25 bits per heavy atom. The maximum atomic E-state index is 11.6. The molecule has 2 atom stereocenters. The highest BCUT2D eigenvalue weighted by Crippen LogP contribution is 2.26. The molecule has 0 bridgehead atoms. The number of aliphatic carboxylic acids is 1. The quantitative estimate of drug-likeness (QED) is 0.790. The molecule has 0 saturated carbocycles. The van der Waals surface area contributed by atoms with E-state index in [1.54, 1.807) is 6.92 Å². The topological polar surface area (TPSA) is 74.7 Å². The molecule has 1 amide bonds. The molecular weight excluding hydrogens is 230 g/mol. The Labute approximate surface area is 98.2 Å². The van der Waals surface area contributed by atoms with Gasteiger partial charge in [-0.15, -0.1) is 0 Å². The fourth-order valence-electron chi connectivity index (χ4n) is 1.84. The Kier molecular flexibility index (Phi) is 4.35. The van der Waals surface area contributed by atoms with Crippen LogP contribution in [0.4, 0.5) is 0 Å². The number of likely N-dealkylation sites (tertiary alicyclic amines) is 1. The van der Waals surface area contributed by atoms with Crippen LogP contribution >= 0.6 is 11.8 Å². The average molecular weight is 245 g/mol. The van der Waals surface area contributed by atoms with Crippen molar-refractivity contribution in [3.8, 4) is 0 Å². The van der Waals surface area contributed by atoms with Crippen molar-refractivity contribution >= 4 is 28.8 Å². The molecule has 0 spiro atoms. The van der Waals surface area contributed by atoms with Gasteiger partial charge in [0.15, 0.2) is 5.12 Å². The van der Waals surface area contributed by atoms with Gasteiger partial charge in [0.2, 0.25) is 5.91 Å². The number of carboxylic acids is 1. The highest BCUT2D eigenvalue weighted by molar-refractivity contribution is 8.14. The molecule has 1 fully saturated rings. The van der Waals surface area contributed by atoms with Crippen LogP contribution in [0.25, 0.3) is 0 Å². The van der Waals surface area contributed by atoms with Crippen molar-refractivity contribution in [1.82, 2.24) is 4.90 Å². The number of thioether (sulfide) groups is 1. The summed E-state index contributed by atoms with van der Waals surface area (Å²) < 4.78 is 0. The highest BCUT2D eigenvalue weighted by Gasteiger charge is 2.37. The minimum absolute atomic E-state index is 0.0389. The number of hydrogen-bond donors (Lipinski definition) is 1. The van der Waals surface area contributed by atoms with Gasteiger partial charge in [0.05, 0.1) is 0 Å². The van der Waals surface area contributed by atoms with E-state index in [9.17, 15) is 14.4 Å². The molecule has 5 nitrogen and oxygen atoms in total. The van der Waals surface area contributed by atoms with Crippen molar-refractivity contribution in [3.63, 3.8) is 0 Å². The van der Waals surface area contributed by atoms with Gasteiger partial charge in [0.1, 0.15) is 6.04 Å². The molecule has 0 aromatic heterocycles. The first-order chi connectivity index (χ1) is 7.45. The Hall–Kier alpha value is -1.04. The summed E-state index contributed by atoms with van der Waals surface area (Å²) in [5, 5.41) is 8.81. The standard InChI is InChI=1S/C10H15NO4S/c1-3-8(10(14)15)11-5-7(4-9(11)13)16-6(2)12/h7-8H,3-5H2,1-2H3,(H,14,15). The Bertz CT molecular complexity index is 318. The summed E-state index contributed by atoms with van der Waals surface area (Å²) in [6.45, 7) is 3.54. The molecule has 1 aliphatic rings. The second kappa shape index (κ2) is 5.34. The number of amides is 1. The van der Waals surface area contributed by atoms with Crippen molar-refractivity contribution < 1.29 is 19.5 Å². The highest BCUT2D eigenvalue weighted by atomic mass is 32.2. The summed E-state index contributed by atoms with van der Waals surface area (Å²) in [6.07, 6.45) is 0.645. The predicted molar refractivity (Wildman–Crippen MR) is 60.1 cm³/mol. The van der Waals surface area contributed by atoms with Gasteiger partial charge in [0, 0.05) is 25.1 Å². The number of hydrogen-bond acceptors (Lipinski definition) is 4. The first-order valence-electron chi connectivity index (χ1n) is 5.15. The molecule has 1 heterocycles. The molecular formula is C10H15NO4S. The van der Waals surface area contributed by atoms with E-state index >= 15 is 0 Å². The molecule has 90 valence electrons. The lowest BCUT2D eigenvalue weighted by atomic mass is 10.2. The third-order valence-electron chi connectivity index (χ3n) is 2.50. The Morgan fingerprint density at radius 3 is 2.69 bits per heavy atom. The van der Waals surface area contributed by atoms with Crippen LogP contribution in [-0.2, 0) is 14.4 Å². The molecule has 1 aliphatic heterocycles. The third-order valence-corrected chi connectivity index (χ3v) is 3.48. The number of carboxylic acid groups (broad SMARTS) is 1. The average Bonchev–Trinajstić information content (AvgIpc) is 2.46. The smallest absolute Gasteiger partial charge is 0.326 e. The first kappa shape index (κ1) is 13.0. The van der Waals surface area contributed by atoms with Crippen molar-refractivity contribution in [2.24, 2.45) is 0 Å². The van der Waals surface area contributed by atoms with Crippen molar-refractivity contribution in [2.45, 2.75) is 38.0 Å². The predicted octanol–water partition coefficient (Wildman–Crippen LogP) is 0.730. The van der Waals surface area contributed by atoms with Gasteiger partial charge in [0.25, 0.3) is 0 Å². The van der Waals surface area contributed by atoms with E-state index in [1.165, 1.54) is 11.8 Å². The van der Waals surface area contributed by atoms with Crippen LogP contribution in [0.1, 0.15) is 26.7 Å². The zero-order chi connectivity index (χ0) is 12.3. The molecule has 0 aromatic rings. The van der Waals surface area contributed by atoms with Crippen molar-refractivity contribution in [1.29, 1.82) is 0 Å². The van der Waals surface area contributed by atoms with Crippen LogP contribution in [0.3, 0.4) is 0 Å². The van der Waals surface area contributed by atoms with E-state index in [0.717, 1.165) is 11.8 Å². The summed E-state index contributed by atoms with van der Waals surface area (Å²) in [5.41, 5.74) is 0. The Morgan fingerprint density at radius 1 is 1.62 bits per heavy atom. The normalized spacial score (nSPS) is 22.2. The van der Waals surface area contributed by atoms with E-state index < -0.39 is 12.0 Å². The number of carbonyl (C=O) groups excluding carboxylic acids is 2. The van der Waals surface area contributed by atoms with E-state index in [0.29, 0.717) is 13.0 Å². The molecule has 1 N–H and O–H groups in total. The van der Waals surface area contributed by atoms with Crippen LogP contribution in [0, 0.1) is 0 Å². The maximum Gasteiger partial charge on any atom is 0.326 e. The minimum Gasteiger partial charge on any atom is -0.480 e.